The molecule has 2 aromatic carbocycles. The topological polar surface area (TPSA) is 102 Å². The number of carbonyl (C=O) groups excluding carboxylic acids is 1. The Morgan fingerprint density at radius 3 is 2.67 bits per heavy atom. The molecule has 0 aliphatic carbocycles. The van der Waals surface area contributed by atoms with Crippen LogP contribution in [-0.2, 0) is 11.3 Å². The number of aromatic amines is 1. The van der Waals surface area contributed by atoms with Crippen molar-refractivity contribution in [2.45, 2.75) is 32.2 Å². The van der Waals surface area contributed by atoms with E-state index in [-0.39, 0.29) is 11.5 Å². The Hall–Kier alpha value is -3.55. The maximum absolute atomic E-state index is 12.5. The fourth-order valence-electron chi connectivity index (χ4n) is 3.48. The zero-order valence-corrected chi connectivity index (χ0v) is 16.5. The lowest BCUT2D eigenvalue weighted by Crippen LogP contribution is -2.35. The van der Waals surface area contributed by atoms with Gasteiger partial charge in [0.1, 0.15) is 13.2 Å². The van der Waals surface area contributed by atoms with Gasteiger partial charge in [0.05, 0.1) is 10.9 Å². The van der Waals surface area contributed by atoms with Crippen LogP contribution in [0.25, 0.3) is 10.9 Å². The zero-order valence-electron chi connectivity index (χ0n) is 16.5. The van der Waals surface area contributed by atoms with Gasteiger partial charge in [-0.1, -0.05) is 18.6 Å². The predicted octanol–water partition coefficient (Wildman–Crippen LogP) is 2.66. The number of nitrogens with zero attached hydrogens (tertiary/aromatic N) is 1. The van der Waals surface area contributed by atoms with Crippen molar-refractivity contribution in [2.75, 3.05) is 18.5 Å². The first-order valence-corrected chi connectivity index (χ1v) is 10.0. The summed E-state index contributed by atoms with van der Waals surface area (Å²) in [5, 5.41) is 3.35. The minimum Gasteiger partial charge on any atom is -0.486 e. The van der Waals surface area contributed by atoms with Gasteiger partial charge in [0.15, 0.2) is 11.5 Å². The van der Waals surface area contributed by atoms with Crippen LogP contribution in [0, 0.1) is 0 Å². The summed E-state index contributed by atoms with van der Waals surface area (Å²) in [5.41, 5.74) is 0.513. The van der Waals surface area contributed by atoms with E-state index < -0.39 is 5.69 Å². The zero-order chi connectivity index (χ0) is 20.9. The number of nitrogens with one attached hydrogen (secondary N) is 2. The lowest BCUT2D eigenvalue weighted by atomic mass is 10.1. The molecule has 4 rings (SSSR count). The average molecular weight is 409 g/mol. The van der Waals surface area contributed by atoms with Crippen molar-refractivity contribution in [2.24, 2.45) is 0 Å². The van der Waals surface area contributed by atoms with Crippen molar-refractivity contribution in [3.8, 4) is 11.5 Å². The van der Waals surface area contributed by atoms with Gasteiger partial charge in [0, 0.05) is 24.7 Å². The van der Waals surface area contributed by atoms with Gasteiger partial charge in [-0.3, -0.25) is 14.2 Å². The summed E-state index contributed by atoms with van der Waals surface area (Å²) in [6.45, 7) is 1.34. The number of ether oxygens (including phenoxy) is 2. The molecule has 1 aliphatic heterocycles. The second-order valence-electron chi connectivity index (χ2n) is 7.15. The van der Waals surface area contributed by atoms with E-state index in [1.165, 1.54) is 4.57 Å². The molecule has 0 bridgehead atoms. The monoisotopic (exact) mass is 409 g/mol. The van der Waals surface area contributed by atoms with Crippen LogP contribution in [0.2, 0.25) is 0 Å². The largest absolute Gasteiger partial charge is 0.486 e. The number of para-hydroxylation sites is 1. The van der Waals surface area contributed by atoms with Gasteiger partial charge < -0.3 is 19.8 Å². The summed E-state index contributed by atoms with van der Waals surface area (Å²) in [7, 11) is 0. The van der Waals surface area contributed by atoms with Gasteiger partial charge in [-0.2, -0.15) is 0 Å². The van der Waals surface area contributed by atoms with E-state index in [1.54, 1.807) is 42.5 Å². The molecule has 0 atom stereocenters. The molecule has 1 aromatic heterocycles. The molecular formula is C22H23N3O5. The molecule has 2 heterocycles. The SMILES string of the molecule is O=C(CCCCCn1c(=O)[nH]c2ccccc2c1=O)Nc1ccc2c(c1)OCCO2. The minimum absolute atomic E-state index is 0.0904. The standard InChI is InChI=1S/C22H23N3O5/c26-20(23-15-9-10-18-19(14-15)30-13-12-29-18)8-2-1-5-11-25-21(27)16-6-3-4-7-17(16)24-22(25)28/h3-4,6-7,9-10,14H,1-2,5,8,11-13H2,(H,23,26)(H,24,28). The van der Waals surface area contributed by atoms with Crippen LogP contribution in [0.15, 0.2) is 52.1 Å². The number of fused-ring (bicyclic) bond motifs is 2. The molecule has 0 radical (unpaired) electrons. The molecule has 0 saturated carbocycles. The molecule has 8 heteroatoms. The smallest absolute Gasteiger partial charge is 0.328 e. The van der Waals surface area contributed by atoms with E-state index in [4.69, 9.17) is 9.47 Å². The number of amides is 1. The molecule has 0 fully saturated rings. The Bertz CT molecular complexity index is 1180. The highest BCUT2D eigenvalue weighted by Gasteiger charge is 2.13. The number of hydrogen-bond acceptors (Lipinski definition) is 5. The van der Waals surface area contributed by atoms with Crippen LogP contribution in [0.1, 0.15) is 25.7 Å². The Balaban J connectivity index is 1.26. The van der Waals surface area contributed by atoms with E-state index in [9.17, 15) is 14.4 Å². The molecule has 1 aliphatic rings. The second-order valence-corrected chi connectivity index (χ2v) is 7.15. The van der Waals surface area contributed by atoms with Crippen LogP contribution in [0.5, 0.6) is 11.5 Å². The summed E-state index contributed by atoms with van der Waals surface area (Å²) in [4.78, 5) is 39.5. The molecule has 3 aromatic rings. The summed E-state index contributed by atoms with van der Waals surface area (Å²) < 4.78 is 12.2. The molecule has 30 heavy (non-hydrogen) atoms. The second kappa shape index (κ2) is 8.86. The average Bonchev–Trinajstić information content (AvgIpc) is 2.75. The van der Waals surface area contributed by atoms with Crippen molar-refractivity contribution in [3.63, 3.8) is 0 Å². The highest BCUT2D eigenvalue weighted by Crippen LogP contribution is 2.32. The Morgan fingerprint density at radius 2 is 1.80 bits per heavy atom. The molecule has 0 saturated heterocycles. The molecule has 0 spiro atoms. The molecule has 8 nitrogen and oxygen atoms in total. The lowest BCUT2D eigenvalue weighted by molar-refractivity contribution is -0.116. The molecule has 1 amide bonds. The van der Waals surface area contributed by atoms with Crippen LogP contribution < -0.4 is 26.0 Å². The van der Waals surface area contributed by atoms with E-state index >= 15 is 0 Å². The molecular weight excluding hydrogens is 386 g/mol. The van der Waals surface area contributed by atoms with E-state index in [2.05, 4.69) is 10.3 Å². The van der Waals surface area contributed by atoms with Gasteiger partial charge in [-0.05, 0) is 37.1 Å². The van der Waals surface area contributed by atoms with Crippen molar-refractivity contribution < 1.29 is 14.3 Å². The van der Waals surface area contributed by atoms with Crippen LogP contribution >= 0.6 is 0 Å². The third kappa shape index (κ3) is 4.37. The molecule has 156 valence electrons. The Kier molecular flexibility index (Phi) is 5.83. The third-order valence-corrected chi connectivity index (χ3v) is 5.00. The molecule has 2 N–H and O–H groups in total. The van der Waals surface area contributed by atoms with Gasteiger partial charge in [0.25, 0.3) is 5.56 Å². The van der Waals surface area contributed by atoms with E-state index in [0.717, 1.165) is 6.42 Å². The quantitative estimate of drug-likeness (QED) is 0.584. The predicted molar refractivity (Wildman–Crippen MR) is 113 cm³/mol. The van der Waals surface area contributed by atoms with E-state index in [1.807, 2.05) is 0 Å². The Labute approximate surface area is 172 Å². The van der Waals surface area contributed by atoms with Crippen LogP contribution in [-0.4, -0.2) is 28.7 Å². The first-order valence-electron chi connectivity index (χ1n) is 10.0. The maximum Gasteiger partial charge on any atom is 0.328 e. The fourth-order valence-corrected chi connectivity index (χ4v) is 3.48. The van der Waals surface area contributed by atoms with Crippen molar-refractivity contribution in [3.05, 3.63) is 63.3 Å². The lowest BCUT2D eigenvalue weighted by Gasteiger charge is -2.19. The Morgan fingerprint density at radius 1 is 1.00 bits per heavy atom. The van der Waals surface area contributed by atoms with Gasteiger partial charge >= 0.3 is 5.69 Å². The van der Waals surface area contributed by atoms with Gasteiger partial charge in [-0.15, -0.1) is 0 Å². The molecule has 0 unspecified atom stereocenters. The first-order chi connectivity index (χ1) is 14.6. The van der Waals surface area contributed by atoms with Crippen molar-refractivity contribution in [1.29, 1.82) is 0 Å². The highest BCUT2D eigenvalue weighted by atomic mass is 16.6. The normalized spacial score (nSPS) is 12.7. The number of benzene rings is 2. The maximum atomic E-state index is 12.5. The third-order valence-electron chi connectivity index (χ3n) is 5.00. The number of aromatic nitrogens is 2. The minimum atomic E-state index is -0.407. The van der Waals surface area contributed by atoms with E-state index in [0.29, 0.717) is 67.1 Å². The van der Waals surface area contributed by atoms with Gasteiger partial charge in [-0.25, -0.2) is 4.79 Å². The summed E-state index contributed by atoms with van der Waals surface area (Å²) >= 11 is 0. The summed E-state index contributed by atoms with van der Waals surface area (Å²) in [6, 6.07) is 12.3. The van der Waals surface area contributed by atoms with Crippen molar-refractivity contribution in [1.82, 2.24) is 9.55 Å². The summed E-state index contributed by atoms with van der Waals surface area (Å²) in [5.74, 6) is 1.22. The fraction of sp³-hybridized carbons (Fsp3) is 0.318. The first kappa shape index (κ1) is 19.8. The number of unbranched alkanes of at least 4 members (excludes halogenated alkanes) is 2. The van der Waals surface area contributed by atoms with Crippen LogP contribution in [0.4, 0.5) is 5.69 Å². The number of anilines is 1. The van der Waals surface area contributed by atoms with Crippen LogP contribution in [0.3, 0.4) is 0 Å². The number of carbonyl (C=O) groups is 1. The number of hydrogen-bond donors (Lipinski definition) is 2. The van der Waals surface area contributed by atoms with Gasteiger partial charge in [0.2, 0.25) is 5.91 Å². The summed E-state index contributed by atoms with van der Waals surface area (Å²) in [6.07, 6.45) is 2.39. The van der Waals surface area contributed by atoms with Crippen molar-refractivity contribution >= 4 is 22.5 Å². The highest BCUT2D eigenvalue weighted by molar-refractivity contribution is 5.91. The number of H-pyrrole nitrogens is 1. The number of rotatable bonds is 7.